The molecule has 0 aromatic heterocycles. The summed E-state index contributed by atoms with van der Waals surface area (Å²) in [6, 6.07) is 3.73. The Kier molecular flexibility index (Phi) is 3.33. The lowest BCUT2D eigenvalue weighted by Crippen LogP contribution is -2.28. The molecule has 0 amide bonds. The molecule has 0 radical (unpaired) electrons. The Bertz CT molecular complexity index is 285. The second-order valence-electron chi connectivity index (χ2n) is 2.77. The molecule has 0 aliphatic carbocycles. The second kappa shape index (κ2) is 4.30. The van der Waals surface area contributed by atoms with Crippen molar-refractivity contribution in [3.8, 4) is 0 Å². The van der Waals surface area contributed by atoms with Crippen molar-refractivity contribution in [2.45, 2.75) is 19.4 Å². The third-order valence-corrected chi connectivity index (χ3v) is 1.97. The van der Waals surface area contributed by atoms with Crippen LogP contribution in [0.5, 0.6) is 0 Å². The number of nitrogens with two attached hydrogens (primary N) is 1. The third-order valence-electron chi connectivity index (χ3n) is 1.97. The molecule has 0 fully saturated rings. The number of hydrogen-bond donors (Lipinski definition) is 2. The molecule has 1 unspecified atom stereocenters. The minimum absolute atomic E-state index is 0.269. The fourth-order valence-electron chi connectivity index (χ4n) is 1.22. The van der Waals surface area contributed by atoms with Crippen LogP contribution < -0.4 is 11.3 Å². The maximum atomic E-state index is 13.2. The van der Waals surface area contributed by atoms with E-state index in [1.54, 1.807) is 0 Å². The Labute approximate surface area is 75.7 Å². The van der Waals surface area contributed by atoms with Gasteiger partial charge in [-0.15, -0.1) is 0 Å². The maximum absolute atomic E-state index is 13.2. The van der Waals surface area contributed by atoms with E-state index in [0.717, 1.165) is 6.07 Å². The van der Waals surface area contributed by atoms with Crippen molar-refractivity contribution in [3.63, 3.8) is 0 Å². The summed E-state index contributed by atoms with van der Waals surface area (Å²) >= 11 is 0. The molecule has 2 nitrogen and oxygen atoms in total. The molecule has 0 aliphatic heterocycles. The molecule has 1 atom stereocenters. The predicted molar refractivity (Wildman–Crippen MR) is 46.7 cm³/mol. The standard InChI is InChI=1S/C9H12F2N2/c1-2-8(13-12)6-4-3-5-7(10)9(6)11/h3-5,8,13H,2,12H2,1H3. The minimum Gasteiger partial charge on any atom is -0.271 e. The highest BCUT2D eigenvalue weighted by atomic mass is 19.2. The lowest BCUT2D eigenvalue weighted by atomic mass is 10.0. The molecule has 0 saturated carbocycles. The fourth-order valence-corrected chi connectivity index (χ4v) is 1.22. The van der Waals surface area contributed by atoms with Crippen LogP contribution >= 0.6 is 0 Å². The summed E-state index contributed by atoms with van der Waals surface area (Å²) in [4.78, 5) is 0. The number of benzene rings is 1. The smallest absolute Gasteiger partial charge is 0.163 e. The normalized spacial score (nSPS) is 12.9. The Balaban J connectivity index is 3.05. The topological polar surface area (TPSA) is 38.0 Å². The first-order valence-corrected chi connectivity index (χ1v) is 4.10. The highest BCUT2D eigenvalue weighted by Crippen LogP contribution is 2.20. The van der Waals surface area contributed by atoms with Gasteiger partial charge in [0.15, 0.2) is 11.6 Å². The van der Waals surface area contributed by atoms with E-state index < -0.39 is 11.6 Å². The molecule has 72 valence electrons. The van der Waals surface area contributed by atoms with Gasteiger partial charge in [-0.05, 0) is 12.5 Å². The number of rotatable bonds is 3. The zero-order valence-electron chi connectivity index (χ0n) is 7.35. The molecule has 0 spiro atoms. The van der Waals surface area contributed by atoms with Crippen molar-refractivity contribution in [2.24, 2.45) is 5.84 Å². The molecule has 1 aromatic rings. The lowest BCUT2D eigenvalue weighted by Gasteiger charge is -2.14. The Hall–Kier alpha value is -1.00. The molecule has 1 aromatic carbocycles. The average Bonchev–Trinajstić information content (AvgIpc) is 2.14. The molecule has 3 N–H and O–H groups in total. The van der Waals surface area contributed by atoms with E-state index in [1.807, 2.05) is 6.92 Å². The van der Waals surface area contributed by atoms with Gasteiger partial charge in [0.05, 0.1) is 0 Å². The van der Waals surface area contributed by atoms with Crippen LogP contribution in [0.2, 0.25) is 0 Å². The molecule has 13 heavy (non-hydrogen) atoms. The highest BCUT2D eigenvalue weighted by Gasteiger charge is 2.14. The summed E-state index contributed by atoms with van der Waals surface area (Å²) in [5.74, 6) is 3.53. The largest absolute Gasteiger partial charge is 0.271 e. The van der Waals surface area contributed by atoms with Crippen LogP contribution in [0.25, 0.3) is 0 Å². The van der Waals surface area contributed by atoms with Gasteiger partial charge in [0.2, 0.25) is 0 Å². The summed E-state index contributed by atoms with van der Waals surface area (Å²) in [6.07, 6.45) is 0.608. The summed E-state index contributed by atoms with van der Waals surface area (Å²) in [7, 11) is 0. The summed E-state index contributed by atoms with van der Waals surface area (Å²) in [5.41, 5.74) is 2.70. The van der Waals surface area contributed by atoms with Gasteiger partial charge >= 0.3 is 0 Å². The van der Waals surface area contributed by atoms with Crippen LogP contribution in [-0.4, -0.2) is 0 Å². The quantitative estimate of drug-likeness (QED) is 0.558. The molecule has 4 heteroatoms. The zero-order valence-corrected chi connectivity index (χ0v) is 7.35. The molecular formula is C9H12F2N2. The molecule has 0 heterocycles. The number of halogens is 2. The van der Waals surface area contributed by atoms with Crippen LogP contribution in [0.3, 0.4) is 0 Å². The summed E-state index contributed by atoms with van der Waals surface area (Å²) in [6.45, 7) is 1.84. The molecule has 0 saturated heterocycles. The van der Waals surface area contributed by atoms with Crippen LogP contribution in [0, 0.1) is 11.6 Å². The van der Waals surface area contributed by atoms with E-state index in [2.05, 4.69) is 5.43 Å². The van der Waals surface area contributed by atoms with E-state index >= 15 is 0 Å². The van der Waals surface area contributed by atoms with Crippen LogP contribution in [0.1, 0.15) is 24.9 Å². The molecular weight excluding hydrogens is 174 g/mol. The molecule has 0 bridgehead atoms. The van der Waals surface area contributed by atoms with Crippen LogP contribution in [-0.2, 0) is 0 Å². The minimum atomic E-state index is -0.841. The summed E-state index contributed by atoms with van der Waals surface area (Å²) < 4.78 is 25.9. The van der Waals surface area contributed by atoms with E-state index in [9.17, 15) is 8.78 Å². The number of hydrazine groups is 1. The third kappa shape index (κ3) is 2.02. The van der Waals surface area contributed by atoms with Gasteiger partial charge in [-0.1, -0.05) is 19.1 Å². The summed E-state index contributed by atoms with van der Waals surface area (Å²) in [5, 5.41) is 0. The van der Waals surface area contributed by atoms with Crippen LogP contribution in [0.15, 0.2) is 18.2 Å². The second-order valence-corrected chi connectivity index (χ2v) is 2.77. The SMILES string of the molecule is CCC(NN)c1cccc(F)c1F. The first-order valence-electron chi connectivity index (χ1n) is 4.10. The Morgan fingerprint density at radius 3 is 2.69 bits per heavy atom. The van der Waals surface area contributed by atoms with Gasteiger partial charge in [0, 0.05) is 11.6 Å². The van der Waals surface area contributed by atoms with Crippen molar-refractivity contribution in [1.29, 1.82) is 0 Å². The van der Waals surface area contributed by atoms with E-state index in [-0.39, 0.29) is 11.6 Å². The first kappa shape index (κ1) is 10.1. The number of hydrogen-bond acceptors (Lipinski definition) is 2. The molecule has 1 rings (SSSR count). The Morgan fingerprint density at radius 1 is 1.46 bits per heavy atom. The molecule has 0 aliphatic rings. The average molecular weight is 186 g/mol. The van der Waals surface area contributed by atoms with Gasteiger partial charge in [0.25, 0.3) is 0 Å². The number of nitrogens with one attached hydrogen (secondary N) is 1. The fraction of sp³-hybridized carbons (Fsp3) is 0.333. The van der Waals surface area contributed by atoms with Gasteiger partial charge in [-0.25, -0.2) is 8.78 Å². The Morgan fingerprint density at radius 2 is 2.15 bits per heavy atom. The van der Waals surface area contributed by atoms with Crippen molar-refractivity contribution in [3.05, 3.63) is 35.4 Å². The predicted octanol–water partition coefficient (Wildman–Crippen LogP) is 1.88. The van der Waals surface area contributed by atoms with Gasteiger partial charge in [0.1, 0.15) is 0 Å². The zero-order chi connectivity index (χ0) is 9.84. The van der Waals surface area contributed by atoms with Crippen molar-refractivity contribution < 1.29 is 8.78 Å². The van der Waals surface area contributed by atoms with Crippen LogP contribution in [0.4, 0.5) is 8.78 Å². The monoisotopic (exact) mass is 186 g/mol. The highest BCUT2D eigenvalue weighted by molar-refractivity contribution is 5.22. The first-order chi connectivity index (χ1) is 6.20. The van der Waals surface area contributed by atoms with Crippen molar-refractivity contribution >= 4 is 0 Å². The van der Waals surface area contributed by atoms with E-state index in [1.165, 1.54) is 12.1 Å². The van der Waals surface area contributed by atoms with E-state index in [0.29, 0.717) is 6.42 Å². The van der Waals surface area contributed by atoms with Gasteiger partial charge in [-0.3, -0.25) is 11.3 Å². The maximum Gasteiger partial charge on any atom is 0.163 e. The van der Waals surface area contributed by atoms with E-state index in [4.69, 9.17) is 5.84 Å². The van der Waals surface area contributed by atoms with Gasteiger partial charge < -0.3 is 0 Å². The van der Waals surface area contributed by atoms with Crippen molar-refractivity contribution in [2.75, 3.05) is 0 Å². The van der Waals surface area contributed by atoms with Gasteiger partial charge in [-0.2, -0.15) is 0 Å². The lowest BCUT2D eigenvalue weighted by molar-refractivity contribution is 0.460. The van der Waals surface area contributed by atoms with Crippen molar-refractivity contribution in [1.82, 2.24) is 5.43 Å².